The molecular formula is C19H22Cl2N2O3S. The first-order chi connectivity index (χ1) is 12.8. The molecule has 5 nitrogen and oxygen atoms in total. The van der Waals surface area contributed by atoms with E-state index >= 15 is 0 Å². The highest BCUT2D eigenvalue weighted by molar-refractivity contribution is 7.91. The van der Waals surface area contributed by atoms with E-state index in [1.54, 1.807) is 42.5 Å². The van der Waals surface area contributed by atoms with E-state index in [9.17, 15) is 8.42 Å². The van der Waals surface area contributed by atoms with Crippen LogP contribution in [-0.4, -0.2) is 39.6 Å². The van der Waals surface area contributed by atoms with Gasteiger partial charge < -0.3 is 9.64 Å². The van der Waals surface area contributed by atoms with Gasteiger partial charge in [0.15, 0.2) is 0 Å². The Hall–Kier alpha value is -1.47. The SMILES string of the molecule is CN1CCC(Oc2ccc(NS(=O)(=O)Cc3ccc(Cl)c(Cl)c3)cc2)CC1. The van der Waals surface area contributed by atoms with Gasteiger partial charge in [-0.25, -0.2) is 8.42 Å². The van der Waals surface area contributed by atoms with Gasteiger partial charge in [-0.3, -0.25) is 4.72 Å². The number of halogens is 2. The number of hydrogen-bond acceptors (Lipinski definition) is 4. The summed E-state index contributed by atoms with van der Waals surface area (Å²) in [5.41, 5.74) is 1.06. The fraction of sp³-hybridized carbons (Fsp3) is 0.368. The molecule has 0 saturated carbocycles. The van der Waals surface area contributed by atoms with E-state index in [4.69, 9.17) is 27.9 Å². The topological polar surface area (TPSA) is 58.6 Å². The highest BCUT2D eigenvalue weighted by Gasteiger charge is 2.18. The summed E-state index contributed by atoms with van der Waals surface area (Å²) in [6.07, 6.45) is 2.20. The number of ether oxygens (including phenoxy) is 1. The van der Waals surface area contributed by atoms with Crippen molar-refractivity contribution < 1.29 is 13.2 Å². The predicted octanol–water partition coefficient (Wildman–Crippen LogP) is 4.41. The van der Waals surface area contributed by atoms with Crippen LogP contribution in [0.15, 0.2) is 42.5 Å². The van der Waals surface area contributed by atoms with Crippen LogP contribution in [0.2, 0.25) is 10.0 Å². The lowest BCUT2D eigenvalue weighted by Gasteiger charge is -2.29. The average molecular weight is 429 g/mol. The number of hydrogen-bond donors (Lipinski definition) is 1. The number of sulfonamides is 1. The first-order valence-electron chi connectivity index (χ1n) is 8.70. The van der Waals surface area contributed by atoms with Crippen LogP contribution in [0.5, 0.6) is 5.75 Å². The Morgan fingerprint density at radius 1 is 1.07 bits per heavy atom. The summed E-state index contributed by atoms with van der Waals surface area (Å²) in [5.74, 6) is 0.564. The maximum Gasteiger partial charge on any atom is 0.236 e. The van der Waals surface area contributed by atoms with E-state index < -0.39 is 10.0 Å². The summed E-state index contributed by atoms with van der Waals surface area (Å²) < 4.78 is 33.3. The molecule has 1 aliphatic heterocycles. The second-order valence-electron chi connectivity index (χ2n) is 6.75. The Morgan fingerprint density at radius 3 is 2.37 bits per heavy atom. The number of piperidine rings is 1. The van der Waals surface area contributed by atoms with Gasteiger partial charge >= 0.3 is 0 Å². The van der Waals surface area contributed by atoms with Crippen LogP contribution < -0.4 is 9.46 Å². The molecule has 0 aliphatic carbocycles. The Morgan fingerprint density at radius 2 is 1.74 bits per heavy atom. The summed E-state index contributed by atoms with van der Waals surface area (Å²) in [5, 5.41) is 0.728. The molecule has 0 atom stereocenters. The second-order valence-corrected chi connectivity index (χ2v) is 9.29. The van der Waals surface area contributed by atoms with Crippen LogP contribution in [0.3, 0.4) is 0 Å². The normalized spacial score (nSPS) is 16.3. The number of rotatable bonds is 6. The summed E-state index contributed by atoms with van der Waals surface area (Å²) in [4.78, 5) is 2.28. The molecule has 8 heteroatoms. The van der Waals surface area contributed by atoms with Gasteiger partial charge in [-0.15, -0.1) is 0 Å². The third kappa shape index (κ3) is 6.01. The van der Waals surface area contributed by atoms with Gasteiger partial charge in [0.1, 0.15) is 11.9 Å². The molecule has 2 aromatic carbocycles. The van der Waals surface area contributed by atoms with E-state index in [0.717, 1.165) is 31.7 Å². The van der Waals surface area contributed by atoms with Crippen LogP contribution in [-0.2, 0) is 15.8 Å². The fourth-order valence-electron chi connectivity index (χ4n) is 2.96. The third-order valence-electron chi connectivity index (χ3n) is 4.44. The van der Waals surface area contributed by atoms with Crippen LogP contribution in [0.25, 0.3) is 0 Å². The first kappa shape index (κ1) is 20.3. The molecule has 1 N–H and O–H groups in total. The second kappa shape index (κ2) is 8.69. The maximum atomic E-state index is 12.4. The van der Waals surface area contributed by atoms with Crippen molar-refractivity contribution >= 4 is 38.9 Å². The zero-order valence-corrected chi connectivity index (χ0v) is 17.3. The van der Waals surface area contributed by atoms with Gasteiger partial charge in [0.05, 0.1) is 15.8 Å². The van der Waals surface area contributed by atoms with Crippen LogP contribution >= 0.6 is 23.2 Å². The summed E-state index contributed by atoms with van der Waals surface area (Å²) in [6.45, 7) is 2.05. The highest BCUT2D eigenvalue weighted by atomic mass is 35.5. The zero-order chi connectivity index (χ0) is 19.4. The minimum Gasteiger partial charge on any atom is -0.490 e. The average Bonchev–Trinajstić information content (AvgIpc) is 2.61. The van der Waals surface area contributed by atoms with E-state index in [1.165, 1.54) is 0 Å². The van der Waals surface area contributed by atoms with E-state index in [0.29, 0.717) is 21.3 Å². The number of nitrogens with one attached hydrogen (secondary N) is 1. The van der Waals surface area contributed by atoms with Gasteiger partial charge in [0.25, 0.3) is 0 Å². The molecule has 1 fully saturated rings. The van der Waals surface area contributed by atoms with Crippen molar-refractivity contribution in [3.05, 3.63) is 58.1 Å². The van der Waals surface area contributed by atoms with Crippen LogP contribution in [0.1, 0.15) is 18.4 Å². The minimum atomic E-state index is -3.56. The van der Waals surface area contributed by atoms with Crippen LogP contribution in [0.4, 0.5) is 5.69 Å². The quantitative estimate of drug-likeness (QED) is 0.739. The van der Waals surface area contributed by atoms with Gasteiger partial charge in [0.2, 0.25) is 10.0 Å². The Bertz CT molecular complexity index is 880. The monoisotopic (exact) mass is 428 g/mol. The molecule has 0 amide bonds. The van der Waals surface area contributed by atoms with Gasteiger partial charge in [-0.1, -0.05) is 29.3 Å². The lowest BCUT2D eigenvalue weighted by Crippen LogP contribution is -2.35. The van der Waals surface area contributed by atoms with Crippen molar-refractivity contribution in [2.24, 2.45) is 0 Å². The molecular weight excluding hydrogens is 407 g/mol. The molecule has 3 rings (SSSR count). The molecule has 2 aromatic rings. The number of nitrogens with zero attached hydrogens (tertiary/aromatic N) is 1. The van der Waals surface area contributed by atoms with Gasteiger partial charge in [-0.05, 0) is 61.9 Å². The molecule has 27 heavy (non-hydrogen) atoms. The van der Waals surface area contributed by atoms with Crippen molar-refractivity contribution in [3.8, 4) is 5.75 Å². The molecule has 1 saturated heterocycles. The van der Waals surface area contributed by atoms with Crippen molar-refractivity contribution in [1.29, 1.82) is 0 Å². The van der Waals surface area contributed by atoms with Crippen molar-refractivity contribution in [2.45, 2.75) is 24.7 Å². The molecule has 0 bridgehead atoms. The van der Waals surface area contributed by atoms with Crippen LogP contribution in [0, 0.1) is 0 Å². The molecule has 146 valence electrons. The minimum absolute atomic E-state index is 0.183. The van der Waals surface area contributed by atoms with Crippen molar-refractivity contribution in [3.63, 3.8) is 0 Å². The Kier molecular flexibility index (Phi) is 6.52. The first-order valence-corrected chi connectivity index (χ1v) is 11.1. The van der Waals surface area contributed by atoms with Gasteiger partial charge in [0, 0.05) is 18.8 Å². The number of likely N-dealkylation sites (tertiary alicyclic amines) is 1. The predicted molar refractivity (Wildman–Crippen MR) is 110 cm³/mol. The lowest BCUT2D eigenvalue weighted by atomic mass is 10.1. The number of anilines is 1. The largest absolute Gasteiger partial charge is 0.490 e. The molecule has 1 heterocycles. The lowest BCUT2D eigenvalue weighted by molar-refractivity contribution is 0.114. The van der Waals surface area contributed by atoms with Gasteiger partial charge in [-0.2, -0.15) is 0 Å². The summed E-state index contributed by atoms with van der Waals surface area (Å²) in [6, 6.07) is 11.8. The summed E-state index contributed by atoms with van der Waals surface area (Å²) >= 11 is 11.8. The third-order valence-corrected chi connectivity index (χ3v) is 6.44. The molecule has 0 unspecified atom stereocenters. The standard InChI is InChI=1S/C19H22Cl2N2O3S/c1-23-10-8-17(9-11-23)26-16-5-3-15(4-6-16)22-27(24,25)13-14-2-7-18(20)19(21)12-14/h2-7,12,17,22H,8-11,13H2,1H3. The van der Waals surface area contributed by atoms with E-state index in [-0.39, 0.29) is 11.9 Å². The molecule has 0 radical (unpaired) electrons. The summed E-state index contributed by atoms with van der Waals surface area (Å²) in [7, 11) is -1.46. The highest BCUT2D eigenvalue weighted by Crippen LogP contribution is 2.25. The van der Waals surface area contributed by atoms with E-state index in [2.05, 4.69) is 16.7 Å². The zero-order valence-electron chi connectivity index (χ0n) is 15.0. The maximum absolute atomic E-state index is 12.4. The van der Waals surface area contributed by atoms with Crippen molar-refractivity contribution in [2.75, 3.05) is 24.9 Å². The molecule has 0 aromatic heterocycles. The Labute approximate surface area is 170 Å². The van der Waals surface area contributed by atoms with Crippen molar-refractivity contribution in [1.82, 2.24) is 4.90 Å². The van der Waals surface area contributed by atoms with E-state index in [1.807, 2.05) is 0 Å². The Balaban J connectivity index is 1.58. The molecule has 1 aliphatic rings. The fourth-order valence-corrected chi connectivity index (χ4v) is 4.47. The number of benzene rings is 2. The smallest absolute Gasteiger partial charge is 0.236 e. The molecule has 0 spiro atoms.